The molecule has 0 heterocycles. The van der Waals surface area contributed by atoms with Gasteiger partial charge in [-0.1, -0.05) is 6.92 Å². The second kappa shape index (κ2) is 6.13. The predicted molar refractivity (Wildman–Crippen MR) is 65.2 cm³/mol. The molecule has 0 amide bonds. The quantitative estimate of drug-likeness (QED) is 0.714. The Morgan fingerprint density at radius 2 is 1.65 bits per heavy atom. The Morgan fingerprint density at radius 1 is 1.12 bits per heavy atom. The fraction of sp³-hybridized carbons (Fsp3) is 0.462. The minimum atomic E-state index is -0.149. The molecule has 1 atom stereocenters. The lowest BCUT2D eigenvalue weighted by Gasteiger charge is -2.16. The van der Waals surface area contributed by atoms with Crippen LogP contribution >= 0.6 is 0 Å². The van der Waals surface area contributed by atoms with Gasteiger partial charge < -0.3 is 19.0 Å². The van der Waals surface area contributed by atoms with Crippen LogP contribution in [0.25, 0.3) is 0 Å². The van der Waals surface area contributed by atoms with E-state index < -0.39 is 0 Å². The SMILES string of the molecule is CCC(C=O)c1cc(OC)c(OC)c(OC)c1. The van der Waals surface area contributed by atoms with Crippen LogP contribution in [0.2, 0.25) is 0 Å². The van der Waals surface area contributed by atoms with Crippen LogP contribution in [0.4, 0.5) is 0 Å². The molecule has 0 fully saturated rings. The largest absolute Gasteiger partial charge is 0.493 e. The number of aldehydes is 1. The van der Waals surface area contributed by atoms with Gasteiger partial charge in [0, 0.05) is 5.92 Å². The van der Waals surface area contributed by atoms with E-state index in [1.807, 2.05) is 19.1 Å². The first-order chi connectivity index (χ1) is 8.21. The van der Waals surface area contributed by atoms with E-state index in [0.717, 1.165) is 18.3 Å². The molecule has 0 bridgehead atoms. The van der Waals surface area contributed by atoms with E-state index in [9.17, 15) is 4.79 Å². The molecule has 1 aromatic rings. The molecule has 4 nitrogen and oxygen atoms in total. The molecular weight excluding hydrogens is 220 g/mol. The Morgan fingerprint density at radius 3 is 1.94 bits per heavy atom. The van der Waals surface area contributed by atoms with Gasteiger partial charge in [-0.3, -0.25) is 0 Å². The summed E-state index contributed by atoms with van der Waals surface area (Å²) in [5.41, 5.74) is 0.872. The highest BCUT2D eigenvalue weighted by Gasteiger charge is 2.17. The maximum absolute atomic E-state index is 11.0. The van der Waals surface area contributed by atoms with Crippen LogP contribution in [-0.2, 0) is 4.79 Å². The minimum absolute atomic E-state index is 0.149. The van der Waals surface area contributed by atoms with E-state index >= 15 is 0 Å². The lowest BCUT2D eigenvalue weighted by Crippen LogP contribution is -2.02. The first kappa shape index (κ1) is 13.4. The van der Waals surface area contributed by atoms with Gasteiger partial charge in [-0.2, -0.15) is 0 Å². The second-order valence-corrected chi connectivity index (χ2v) is 3.61. The van der Waals surface area contributed by atoms with E-state index in [4.69, 9.17) is 14.2 Å². The molecule has 0 aromatic heterocycles. The highest BCUT2D eigenvalue weighted by atomic mass is 16.5. The predicted octanol–water partition coefficient (Wildman–Crippen LogP) is 2.40. The highest BCUT2D eigenvalue weighted by molar-refractivity contribution is 5.65. The third-order valence-corrected chi connectivity index (χ3v) is 2.72. The zero-order valence-corrected chi connectivity index (χ0v) is 10.6. The van der Waals surface area contributed by atoms with Crippen LogP contribution in [0, 0.1) is 0 Å². The Hall–Kier alpha value is -1.71. The van der Waals surface area contributed by atoms with Gasteiger partial charge in [0.1, 0.15) is 6.29 Å². The molecule has 1 rings (SSSR count). The summed E-state index contributed by atoms with van der Waals surface area (Å²) in [5, 5.41) is 0. The van der Waals surface area contributed by atoms with Crippen molar-refractivity contribution in [3.05, 3.63) is 17.7 Å². The number of hydrogen-bond acceptors (Lipinski definition) is 4. The van der Waals surface area contributed by atoms with Gasteiger partial charge >= 0.3 is 0 Å². The molecule has 0 N–H and O–H groups in total. The van der Waals surface area contributed by atoms with Crippen molar-refractivity contribution in [3.63, 3.8) is 0 Å². The first-order valence-electron chi connectivity index (χ1n) is 5.46. The summed E-state index contributed by atoms with van der Waals surface area (Å²) >= 11 is 0. The van der Waals surface area contributed by atoms with Crippen molar-refractivity contribution in [2.45, 2.75) is 19.3 Å². The van der Waals surface area contributed by atoms with E-state index in [-0.39, 0.29) is 5.92 Å². The van der Waals surface area contributed by atoms with Gasteiger partial charge in [0.25, 0.3) is 0 Å². The normalized spacial score (nSPS) is 11.8. The standard InChI is InChI=1S/C13H18O4/c1-5-9(8-14)10-6-11(15-2)13(17-4)12(7-10)16-3/h6-9H,5H2,1-4H3. The Bertz CT molecular complexity index is 362. The number of carbonyl (C=O) groups is 1. The second-order valence-electron chi connectivity index (χ2n) is 3.61. The Balaban J connectivity index is 3.30. The zero-order chi connectivity index (χ0) is 12.8. The number of rotatable bonds is 6. The lowest BCUT2D eigenvalue weighted by atomic mass is 9.97. The topological polar surface area (TPSA) is 44.8 Å². The van der Waals surface area contributed by atoms with Crippen molar-refractivity contribution in [2.24, 2.45) is 0 Å². The molecule has 0 radical (unpaired) electrons. The van der Waals surface area contributed by atoms with Crippen LogP contribution in [-0.4, -0.2) is 27.6 Å². The first-order valence-corrected chi connectivity index (χ1v) is 5.46. The molecule has 1 aromatic carbocycles. The smallest absolute Gasteiger partial charge is 0.203 e. The summed E-state index contributed by atoms with van der Waals surface area (Å²) < 4.78 is 15.7. The van der Waals surface area contributed by atoms with Crippen LogP contribution in [0.1, 0.15) is 24.8 Å². The molecule has 4 heteroatoms. The van der Waals surface area contributed by atoms with Crippen LogP contribution in [0.5, 0.6) is 17.2 Å². The van der Waals surface area contributed by atoms with Crippen LogP contribution < -0.4 is 14.2 Å². The van der Waals surface area contributed by atoms with Crippen molar-refractivity contribution in [3.8, 4) is 17.2 Å². The minimum Gasteiger partial charge on any atom is -0.493 e. The number of carbonyl (C=O) groups excluding carboxylic acids is 1. The fourth-order valence-corrected chi connectivity index (χ4v) is 1.73. The zero-order valence-electron chi connectivity index (χ0n) is 10.6. The van der Waals surface area contributed by atoms with Crippen molar-refractivity contribution in [1.29, 1.82) is 0 Å². The summed E-state index contributed by atoms with van der Waals surface area (Å²) in [6, 6.07) is 3.62. The van der Waals surface area contributed by atoms with E-state index in [2.05, 4.69) is 0 Å². The molecule has 0 aliphatic rings. The fourth-order valence-electron chi connectivity index (χ4n) is 1.73. The Kier molecular flexibility index (Phi) is 4.82. The maximum Gasteiger partial charge on any atom is 0.203 e. The van der Waals surface area contributed by atoms with Crippen LogP contribution in [0.3, 0.4) is 0 Å². The van der Waals surface area contributed by atoms with E-state index in [0.29, 0.717) is 17.2 Å². The molecule has 0 saturated carbocycles. The van der Waals surface area contributed by atoms with Gasteiger partial charge in [-0.15, -0.1) is 0 Å². The molecule has 94 valence electrons. The summed E-state index contributed by atoms with van der Waals surface area (Å²) in [6.45, 7) is 1.96. The lowest BCUT2D eigenvalue weighted by molar-refractivity contribution is -0.109. The summed E-state index contributed by atoms with van der Waals surface area (Å²) in [4.78, 5) is 11.0. The van der Waals surface area contributed by atoms with Crippen molar-refractivity contribution in [2.75, 3.05) is 21.3 Å². The molecule has 0 spiro atoms. The molecule has 17 heavy (non-hydrogen) atoms. The highest BCUT2D eigenvalue weighted by Crippen LogP contribution is 2.40. The summed E-state index contributed by atoms with van der Waals surface area (Å²) in [5.74, 6) is 1.53. The van der Waals surface area contributed by atoms with Gasteiger partial charge in [0.15, 0.2) is 11.5 Å². The van der Waals surface area contributed by atoms with Crippen molar-refractivity contribution >= 4 is 6.29 Å². The number of benzene rings is 1. The Labute approximate surface area is 101 Å². The molecular formula is C13H18O4. The molecule has 0 aliphatic carbocycles. The van der Waals surface area contributed by atoms with Gasteiger partial charge in [-0.05, 0) is 24.1 Å². The molecule has 0 aliphatic heterocycles. The number of hydrogen-bond donors (Lipinski definition) is 0. The number of ether oxygens (including phenoxy) is 3. The average molecular weight is 238 g/mol. The van der Waals surface area contributed by atoms with Gasteiger partial charge in [0.2, 0.25) is 5.75 Å². The molecule has 0 saturated heterocycles. The summed E-state index contributed by atoms with van der Waals surface area (Å²) in [7, 11) is 4.67. The maximum atomic E-state index is 11.0. The monoisotopic (exact) mass is 238 g/mol. The van der Waals surface area contributed by atoms with E-state index in [1.54, 1.807) is 21.3 Å². The summed E-state index contributed by atoms with van der Waals surface area (Å²) in [6.07, 6.45) is 1.67. The van der Waals surface area contributed by atoms with Crippen molar-refractivity contribution in [1.82, 2.24) is 0 Å². The van der Waals surface area contributed by atoms with Gasteiger partial charge in [0.05, 0.1) is 21.3 Å². The average Bonchev–Trinajstić information content (AvgIpc) is 2.38. The molecule has 1 unspecified atom stereocenters. The third kappa shape index (κ3) is 2.70. The third-order valence-electron chi connectivity index (χ3n) is 2.72. The number of methoxy groups -OCH3 is 3. The van der Waals surface area contributed by atoms with Crippen LogP contribution in [0.15, 0.2) is 12.1 Å². The van der Waals surface area contributed by atoms with Gasteiger partial charge in [-0.25, -0.2) is 0 Å². The van der Waals surface area contributed by atoms with Crippen molar-refractivity contribution < 1.29 is 19.0 Å². The van der Waals surface area contributed by atoms with E-state index in [1.165, 1.54) is 0 Å².